The maximum atomic E-state index is 8.73. The van der Waals surface area contributed by atoms with Gasteiger partial charge in [0, 0.05) is 13.2 Å². The molecule has 0 heterocycles. The van der Waals surface area contributed by atoms with Crippen molar-refractivity contribution in [3.8, 4) is 6.07 Å². The Labute approximate surface area is 81.1 Å². The number of likely N-dealkylation sites (N-methyl/N-ethyl adjacent to an activating group) is 1. The Morgan fingerprint density at radius 1 is 1.38 bits per heavy atom. The van der Waals surface area contributed by atoms with Crippen molar-refractivity contribution in [2.45, 2.75) is 26.7 Å². The van der Waals surface area contributed by atoms with Gasteiger partial charge in [-0.3, -0.25) is 0 Å². The lowest BCUT2D eigenvalue weighted by atomic mass is 9.90. The molecular formula is C10H20N2O. The molecule has 0 spiro atoms. The molecule has 1 N–H and O–H groups in total. The van der Waals surface area contributed by atoms with Gasteiger partial charge < -0.3 is 10.1 Å². The summed E-state index contributed by atoms with van der Waals surface area (Å²) in [7, 11) is 1.90. The highest BCUT2D eigenvalue weighted by Crippen LogP contribution is 2.20. The van der Waals surface area contributed by atoms with Gasteiger partial charge in [-0.25, -0.2) is 0 Å². The van der Waals surface area contributed by atoms with Gasteiger partial charge in [-0.1, -0.05) is 0 Å². The summed E-state index contributed by atoms with van der Waals surface area (Å²) in [6.45, 7) is 6.32. The Morgan fingerprint density at radius 2 is 2.08 bits per heavy atom. The summed E-state index contributed by atoms with van der Waals surface area (Å²) in [5, 5.41) is 11.7. The van der Waals surface area contributed by atoms with Crippen molar-refractivity contribution < 1.29 is 4.74 Å². The van der Waals surface area contributed by atoms with Crippen molar-refractivity contribution in [2.75, 3.05) is 26.8 Å². The number of ether oxygens (including phenoxy) is 1. The summed E-state index contributed by atoms with van der Waals surface area (Å²) in [4.78, 5) is 0. The minimum absolute atomic E-state index is 0.202. The Hall–Kier alpha value is -0.590. The molecule has 0 unspecified atom stereocenters. The molecule has 0 saturated carbocycles. The monoisotopic (exact) mass is 184 g/mol. The quantitative estimate of drug-likeness (QED) is 0.611. The van der Waals surface area contributed by atoms with Crippen molar-refractivity contribution in [3.05, 3.63) is 0 Å². The van der Waals surface area contributed by atoms with Gasteiger partial charge in [0.15, 0.2) is 0 Å². The van der Waals surface area contributed by atoms with Crippen molar-refractivity contribution in [1.82, 2.24) is 5.32 Å². The van der Waals surface area contributed by atoms with Crippen LogP contribution in [0.15, 0.2) is 0 Å². The SMILES string of the molecule is CNCCOCCCC(C)(C)C#N. The first kappa shape index (κ1) is 12.4. The topological polar surface area (TPSA) is 45.0 Å². The van der Waals surface area contributed by atoms with Crippen LogP contribution < -0.4 is 5.32 Å². The van der Waals surface area contributed by atoms with Gasteiger partial charge in [0.2, 0.25) is 0 Å². The lowest BCUT2D eigenvalue weighted by Gasteiger charge is -2.14. The van der Waals surface area contributed by atoms with Crippen LogP contribution in [0.5, 0.6) is 0 Å². The van der Waals surface area contributed by atoms with E-state index in [-0.39, 0.29) is 5.41 Å². The molecule has 0 aromatic carbocycles. The zero-order valence-corrected chi connectivity index (χ0v) is 8.89. The molecule has 0 aliphatic carbocycles. The number of hydrogen-bond acceptors (Lipinski definition) is 3. The summed E-state index contributed by atoms with van der Waals surface area (Å²) in [5.74, 6) is 0. The molecule has 0 atom stereocenters. The average molecular weight is 184 g/mol. The van der Waals surface area contributed by atoms with Crippen molar-refractivity contribution in [2.24, 2.45) is 5.41 Å². The van der Waals surface area contributed by atoms with E-state index in [2.05, 4.69) is 11.4 Å². The Bertz CT molecular complexity index is 161. The fourth-order valence-electron chi connectivity index (χ4n) is 0.948. The summed E-state index contributed by atoms with van der Waals surface area (Å²) in [6.07, 6.45) is 1.87. The normalized spacial score (nSPS) is 11.2. The highest BCUT2D eigenvalue weighted by atomic mass is 16.5. The largest absolute Gasteiger partial charge is 0.380 e. The van der Waals surface area contributed by atoms with Gasteiger partial charge >= 0.3 is 0 Å². The lowest BCUT2D eigenvalue weighted by Crippen LogP contribution is -2.15. The van der Waals surface area contributed by atoms with Crippen LogP contribution in [0.1, 0.15) is 26.7 Å². The minimum atomic E-state index is -0.202. The number of nitrogens with one attached hydrogen (secondary N) is 1. The first-order valence-corrected chi connectivity index (χ1v) is 4.76. The smallest absolute Gasteiger partial charge is 0.0683 e. The predicted octanol–water partition coefficient (Wildman–Crippen LogP) is 1.55. The first-order valence-electron chi connectivity index (χ1n) is 4.76. The van der Waals surface area contributed by atoms with Gasteiger partial charge in [0.25, 0.3) is 0 Å². The fraction of sp³-hybridized carbons (Fsp3) is 0.900. The number of nitriles is 1. The van der Waals surface area contributed by atoms with E-state index >= 15 is 0 Å². The van der Waals surface area contributed by atoms with E-state index in [9.17, 15) is 0 Å². The minimum Gasteiger partial charge on any atom is -0.380 e. The summed E-state index contributed by atoms with van der Waals surface area (Å²) in [6, 6.07) is 2.28. The van der Waals surface area contributed by atoms with Crippen molar-refractivity contribution in [3.63, 3.8) is 0 Å². The number of nitrogens with zero attached hydrogens (tertiary/aromatic N) is 1. The van der Waals surface area contributed by atoms with Crippen LogP contribution in [-0.4, -0.2) is 26.8 Å². The second-order valence-electron chi connectivity index (χ2n) is 3.82. The third kappa shape index (κ3) is 7.76. The molecule has 3 heteroatoms. The van der Waals surface area contributed by atoms with Gasteiger partial charge in [-0.15, -0.1) is 0 Å². The highest BCUT2D eigenvalue weighted by molar-refractivity contribution is 4.91. The van der Waals surface area contributed by atoms with Crippen LogP contribution in [0.3, 0.4) is 0 Å². The molecule has 0 aliphatic heterocycles. The van der Waals surface area contributed by atoms with Crippen LogP contribution >= 0.6 is 0 Å². The van der Waals surface area contributed by atoms with Crippen LogP contribution in [0.2, 0.25) is 0 Å². The zero-order valence-electron chi connectivity index (χ0n) is 8.89. The molecule has 13 heavy (non-hydrogen) atoms. The van der Waals surface area contributed by atoms with Crippen LogP contribution in [-0.2, 0) is 4.74 Å². The third-order valence-corrected chi connectivity index (χ3v) is 1.89. The van der Waals surface area contributed by atoms with Crippen molar-refractivity contribution >= 4 is 0 Å². The maximum Gasteiger partial charge on any atom is 0.0683 e. The second kappa shape index (κ2) is 6.88. The first-order chi connectivity index (χ1) is 6.12. The molecule has 0 rings (SSSR count). The van der Waals surface area contributed by atoms with E-state index in [1.165, 1.54) is 0 Å². The molecule has 3 nitrogen and oxygen atoms in total. The van der Waals surface area contributed by atoms with Crippen molar-refractivity contribution in [1.29, 1.82) is 5.26 Å². The lowest BCUT2D eigenvalue weighted by molar-refractivity contribution is 0.128. The predicted molar refractivity (Wildman–Crippen MR) is 53.4 cm³/mol. The van der Waals surface area contributed by atoms with E-state index in [0.717, 1.165) is 32.6 Å². The Morgan fingerprint density at radius 3 is 2.62 bits per heavy atom. The number of hydrogen-bond donors (Lipinski definition) is 1. The third-order valence-electron chi connectivity index (χ3n) is 1.89. The van der Waals surface area contributed by atoms with Crippen LogP contribution in [0.4, 0.5) is 0 Å². The van der Waals surface area contributed by atoms with E-state index in [1.54, 1.807) is 0 Å². The van der Waals surface area contributed by atoms with Crippen LogP contribution in [0, 0.1) is 16.7 Å². The van der Waals surface area contributed by atoms with Gasteiger partial charge in [0.05, 0.1) is 18.1 Å². The van der Waals surface area contributed by atoms with E-state index in [4.69, 9.17) is 10.00 Å². The Balaban J connectivity index is 3.22. The standard InChI is InChI=1S/C10H20N2O/c1-10(2,9-11)5-4-7-13-8-6-12-3/h12H,4-8H2,1-3H3. The maximum absolute atomic E-state index is 8.73. The van der Waals surface area contributed by atoms with E-state index in [1.807, 2.05) is 20.9 Å². The molecule has 76 valence electrons. The summed E-state index contributed by atoms with van der Waals surface area (Å²) < 4.78 is 5.34. The van der Waals surface area contributed by atoms with Crippen LogP contribution in [0.25, 0.3) is 0 Å². The fourth-order valence-corrected chi connectivity index (χ4v) is 0.948. The molecule has 0 amide bonds. The molecule has 0 bridgehead atoms. The van der Waals surface area contributed by atoms with E-state index < -0.39 is 0 Å². The molecule has 0 fully saturated rings. The number of rotatable bonds is 7. The molecule has 0 aliphatic rings. The second-order valence-corrected chi connectivity index (χ2v) is 3.82. The summed E-state index contributed by atoms with van der Waals surface area (Å²) in [5.41, 5.74) is -0.202. The summed E-state index contributed by atoms with van der Waals surface area (Å²) >= 11 is 0. The molecule has 0 radical (unpaired) electrons. The van der Waals surface area contributed by atoms with E-state index in [0.29, 0.717) is 0 Å². The van der Waals surface area contributed by atoms with Gasteiger partial charge in [0.1, 0.15) is 0 Å². The van der Waals surface area contributed by atoms with Gasteiger partial charge in [-0.2, -0.15) is 5.26 Å². The molecular weight excluding hydrogens is 164 g/mol. The highest BCUT2D eigenvalue weighted by Gasteiger charge is 2.15. The molecule has 0 saturated heterocycles. The Kier molecular flexibility index (Phi) is 6.56. The van der Waals surface area contributed by atoms with Gasteiger partial charge in [-0.05, 0) is 33.7 Å². The zero-order chi connectivity index (χ0) is 10.2. The average Bonchev–Trinajstić information content (AvgIpc) is 2.11. The molecule has 0 aromatic heterocycles. The molecule has 0 aromatic rings.